The number of hydrogen-bond acceptors (Lipinski definition) is 6. The molecule has 0 bridgehead atoms. The number of aromatic nitrogens is 2. The molecule has 2 heterocycles. The summed E-state index contributed by atoms with van der Waals surface area (Å²) in [6, 6.07) is 9.85. The summed E-state index contributed by atoms with van der Waals surface area (Å²) in [5, 5.41) is 3.24. The van der Waals surface area contributed by atoms with Gasteiger partial charge in [0.25, 0.3) is 0 Å². The van der Waals surface area contributed by atoms with Crippen LogP contribution >= 0.6 is 0 Å². The van der Waals surface area contributed by atoms with Crippen molar-refractivity contribution in [2.75, 3.05) is 50.1 Å². The van der Waals surface area contributed by atoms with Gasteiger partial charge in [-0.05, 0) is 38.0 Å². The number of amides is 1. The van der Waals surface area contributed by atoms with E-state index in [1.165, 1.54) is 0 Å². The van der Waals surface area contributed by atoms with Crippen molar-refractivity contribution in [1.82, 2.24) is 14.9 Å². The van der Waals surface area contributed by atoms with Gasteiger partial charge in [-0.1, -0.05) is 12.1 Å². The van der Waals surface area contributed by atoms with E-state index in [0.29, 0.717) is 19.5 Å². The van der Waals surface area contributed by atoms with Crippen LogP contribution in [0.3, 0.4) is 0 Å². The summed E-state index contributed by atoms with van der Waals surface area (Å²) in [7, 11) is 1.65. The van der Waals surface area contributed by atoms with E-state index in [1.54, 1.807) is 7.11 Å². The van der Waals surface area contributed by atoms with Crippen LogP contribution in [-0.2, 0) is 11.2 Å². The van der Waals surface area contributed by atoms with E-state index in [4.69, 9.17) is 4.74 Å². The zero-order valence-electron chi connectivity index (χ0n) is 16.9. The first-order chi connectivity index (χ1) is 13.6. The zero-order chi connectivity index (χ0) is 19.9. The van der Waals surface area contributed by atoms with Crippen molar-refractivity contribution < 1.29 is 9.53 Å². The third-order valence-electron chi connectivity index (χ3n) is 4.90. The van der Waals surface area contributed by atoms with Gasteiger partial charge in [-0.15, -0.1) is 0 Å². The molecular weight excluding hydrogens is 354 g/mol. The van der Waals surface area contributed by atoms with E-state index in [2.05, 4.69) is 20.2 Å². The molecule has 2 aromatic rings. The van der Waals surface area contributed by atoms with E-state index in [9.17, 15) is 4.79 Å². The smallest absolute Gasteiger partial charge is 0.227 e. The SMILES string of the molecule is CCNc1cc(C)nc(N2CCN(C(=O)CCc3ccc(OC)cc3)CC2)n1. The number of carbonyl (C=O) groups excluding carboxylic acids is 1. The predicted molar refractivity (Wildman–Crippen MR) is 111 cm³/mol. The lowest BCUT2D eigenvalue weighted by atomic mass is 10.1. The van der Waals surface area contributed by atoms with Crippen LogP contribution < -0.4 is 15.0 Å². The van der Waals surface area contributed by atoms with Gasteiger partial charge >= 0.3 is 0 Å². The molecule has 0 unspecified atom stereocenters. The molecule has 1 aliphatic rings. The topological polar surface area (TPSA) is 70.6 Å². The van der Waals surface area contributed by atoms with Crippen molar-refractivity contribution >= 4 is 17.7 Å². The number of carbonyl (C=O) groups is 1. The fourth-order valence-electron chi connectivity index (χ4n) is 3.32. The second-order valence-corrected chi connectivity index (χ2v) is 6.94. The van der Waals surface area contributed by atoms with Gasteiger partial charge < -0.3 is 19.9 Å². The molecule has 1 aliphatic heterocycles. The number of benzene rings is 1. The van der Waals surface area contributed by atoms with Crippen LogP contribution in [0.2, 0.25) is 0 Å². The molecule has 0 aliphatic carbocycles. The molecule has 0 saturated carbocycles. The van der Waals surface area contributed by atoms with Crippen molar-refractivity contribution in [3.63, 3.8) is 0 Å². The Labute approximate surface area is 166 Å². The number of nitrogens with zero attached hydrogens (tertiary/aromatic N) is 4. The lowest BCUT2D eigenvalue weighted by Gasteiger charge is -2.35. The first-order valence-corrected chi connectivity index (χ1v) is 9.84. The Hall–Kier alpha value is -2.83. The molecule has 1 fully saturated rings. The van der Waals surface area contributed by atoms with Crippen LogP contribution in [-0.4, -0.2) is 60.6 Å². The van der Waals surface area contributed by atoms with Gasteiger partial charge in [0.15, 0.2) is 0 Å². The Kier molecular flexibility index (Phi) is 6.68. The normalized spacial score (nSPS) is 14.1. The maximum atomic E-state index is 12.6. The van der Waals surface area contributed by atoms with Crippen molar-refractivity contribution in [2.24, 2.45) is 0 Å². The van der Waals surface area contributed by atoms with Gasteiger partial charge in [-0.2, -0.15) is 4.98 Å². The molecule has 0 radical (unpaired) electrons. The molecule has 1 N–H and O–H groups in total. The molecule has 1 aromatic heterocycles. The Morgan fingerprint density at radius 2 is 1.86 bits per heavy atom. The second kappa shape index (κ2) is 9.39. The Bertz CT molecular complexity index is 786. The quantitative estimate of drug-likeness (QED) is 0.792. The lowest BCUT2D eigenvalue weighted by molar-refractivity contribution is -0.131. The van der Waals surface area contributed by atoms with Gasteiger partial charge in [0.05, 0.1) is 7.11 Å². The summed E-state index contributed by atoms with van der Waals surface area (Å²) in [5.41, 5.74) is 2.09. The highest BCUT2D eigenvalue weighted by Crippen LogP contribution is 2.17. The van der Waals surface area contributed by atoms with Crippen LogP contribution in [0.25, 0.3) is 0 Å². The molecule has 150 valence electrons. The highest BCUT2D eigenvalue weighted by molar-refractivity contribution is 5.76. The van der Waals surface area contributed by atoms with Crippen LogP contribution in [0.4, 0.5) is 11.8 Å². The third-order valence-corrected chi connectivity index (χ3v) is 4.90. The number of rotatable bonds is 7. The maximum absolute atomic E-state index is 12.6. The number of anilines is 2. The van der Waals surface area contributed by atoms with Gasteiger partial charge in [-0.25, -0.2) is 4.98 Å². The first kappa shape index (κ1) is 19.9. The van der Waals surface area contributed by atoms with E-state index >= 15 is 0 Å². The number of nitrogens with one attached hydrogen (secondary N) is 1. The summed E-state index contributed by atoms with van der Waals surface area (Å²) in [4.78, 5) is 25.8. The predicted octanol–water partition coefficient (Wildman–Crippen LogP) is 2.51. The standard InChI is InChI=1S/C21H29N5O2/c1-4-22-19-15-16(2)23-21(24-19)26-13-11-25(12-14-26)20(27)10-7-17-5-8-18(28-3)9-6-17/h5-6,8-9,15H,4,7,10-14H2,1-3H3,(H,22,23,24). The minimum Gasteiger partial charge on any atom is -0.497 e. The highest BCUT2D eigenvalue weighted by Gasteiger charge is 2.22. The number of ether oxygens (including phenoxy) is 1. The van der Waals surface area contributed by atoms with Crippen molar-refractivity contribution in [3.8, 4) is 5.75 Å². The number of methoxy groups -OCH3 is 1. The first-order valence-electron chi connectivity index (χ1n) is 9.84. The Morgan fingerprint density at radius 1 is 1.14 bits per heavy atom. The largest absolute Gasteiger partial charge is 0.497 e. The molecule has 7 nitrogen and oxygen atoms in total. The maximum Gasteiger partial charge on any atom is 0.227 e. The molecule has 28 heavy (non-hydrogen) atoms. The summed E-state index contributed by atoms with van der Waals surface area (Å²) in [6.45, 7) is 7.77. The average Bonchev–Trinajstić information content (AvgIpc) is 2.72. The summed E-state index contributed by atoms with van der Waals surface area (Å²) in [5.74, 6) is 2.63. The fraction of sp³-hybridized carbons (Fsp3) is 0.476. The zero-order valence-corrected chi connectivity index (χ0v) is 16.9. The van der Waals surface area contributed by atoms with E-state index in [-0.39, 0.29) is 5.91 Å². The number of piperazine rings is 1. The molecule has 1 saturated heterocycles. The Balaban J connectivity index is 1.51. The minimum atomic E-state index is 0.203. The Morgan fingerprint density at radius 3 is 2.50 bits per heavy atom. The van der Waals surface area contributed by atoms with E-state index in [0.717, 1.165) is 54.8 Å². The van der Waals surface area contributed by atoms with Crippen LogP contribution in [0, 0.1) is 6.92 Å². The molecule has 0 spiro atoms. The molecular formula is C21H29N5O2. The van der Waals surface area contributed by atoms with Crippen LogP contribution in [0.5, 0.6) is 5.75 Å². The second-order valence-electron chi connectivity index (χ2n) is 6.94. The van der Waals surface area contributed by atoms with Crippen molar-refractivity contribution in [3.05, 3.63) is 41.6 Å². The van der Waals surface area contributed by atoms with Gasteiger partial charge in [0.2, 0.25) is 11.9 Å². The van der Waals surface area contributed by atoms with Gasteiger partial charge in [-0.3, -0.25) is 4.79 Å². The summed E-state index contributed by atoms with van der Waals surface area (Å²) < 4.78 is 5.17. The summed E-state index contributed by atoms with van der Waals surface area (Å²) in [6.07, 6.45) is 1.27. The summed E-state index contributed by atoms with van der Waals surface area (Å²) >= 11 is 0. The molecule has 1 amide bonds. The van der Waals surface area contributed by atoms with Gasteiger partial charge in [0.1, 0.15) is 11.6 Å². The lowest BCUT2D eigenvalue weighted by Crippen LogP contribution is -2.49. The minimum absolute atomic E-state index is 0.203. The third kappa shape index (κ3) is 5.12. The monoisotopic (exact) mass is 383 g/mol. The van der Waals surface area contributed by atoms with Crippen molar-refractivity contribution in [2.45, 2.75) is 26.7 Å². The molecule has 7 heteroatoms. The molecule has 0 atom stereocenters. The van der Waals surface area contributed by atoms with Gasteiger partial charge in [0, 0.05) is 50.9 Å². The fourth-order valence-corrected chi connectivity index (χ4v) is 3.32. The van der Waals surface area contributed by atoms with Crippen LogP contribution in [0.1, 0.15) is 24.6 Å². The average molecular weight is 383 g/mol. The van der Waals surface area contributed by atoms with Crippen LogP contribution in [0.15, 0.2) is 30.3 Å². The van der Waals surface area contributed by atoms with E-state index in [1.807, 2.05) is 49.1 Å². The van der Waals surface area contributed by atoms with Crippen molar-refractivity contribution in [1.29, 1.82) is 0 Å². The number of aryl methyl sites for hydroxylation is 2. The highest BCUT2D eigenvalue weighted by atomic mass is 16.5. The molecule has 1 aromatic carbocycles. The number of hydrogen-bond donors (Lipinski definition) is 1. The molecule has 3 rings (SSSR count). The van der Waals surface area contributed by atoms with E-state index < -0.39 is 0 Å².